The van der Waals surface area contributed by atoms with E-state index in [-0.39, 0.29) is 0 Å². The largest absolute Gasteiger partial charge is 0.398 e. The molecule has 2 heterocycles. The minimum atomic E-state index is 0.720. The Balaban J connectivity index is 2.34. The van der Waals surface area contributed by atoms with Crippen LogP contribution in [-0.4, -0.2) is 14.8 Å². The number of anilines is 1. The van der Waals surface area contributed by atoms with Crippen LogP contribution in [0, 0.1) is 0 Å². The molecule has 5 heteroatoms. The number of pyridine rings is 1. The molecule has 0 spiro atoms. The maximum atomic E-state index is 6.09. The maximum absolute atomic E-state index is 6.09. The predicted molar refractivity (Wildman–Crippen MR) is 76.1 cm³/mol. The van der Waals surface area contributed by atoms with Crippen LogP contribution in [0.15, 0.2) is 41.0 Å². The molecule has 0 aliphatic carbocycles. The summed E-state index contributed by atoms with van der Waals surface area (Å²) >= 11 is 3.51. The third-order valence-electron chi connectivity index (χ3n) is 2.91. The molecular weight excluding hydrogens is 292 g/mol. The fraction of sp³-hybridized carbons (Fsp3) is 0.0769. The number of rotatable bonds is 1. The van der Waals surface area contributed by atoms with Gasteiger partial charge in [0.1, 0.15) is 0 Å². The molecule has 0 saturated heterocycles. The van der Waals surface area contributed by atoms with Gasteiger partial charge in [-0.05, 0) is 34.1 Å². The summed E-state index contributed by atoms with van der Waals surface area (Å²) in [5, 5.41) is 5.10. The van der Waals surface area contributed by atoms with E-state index >= 15 is 0 Å². The maximum Gasteiger partial charge on any atom is 0.0911 e. The van der Waals surface area contributed by atoms with Crippen LogP contribution in [0.2, 0.25) is 0 Å². The molecule has 0 aliphatic rings. The highest BCUT2D eigenvalue weighted by molar-refractivity contribution is 9.10. The van der Waals surface area contributed by atoms with Gasteiger partial charge in [0, 0.05) is 28.8 Å². The lowest BCUT2D eigenvalue weighted by Crippen LogP contribution is -1.98. The molecule has 1 aromatic carbocycles. The van der Waals surface area contributed by atoms with Crippen molar-refractivity contribution in [3.63, 3.8) is 0 Å². The van der Waals surface area contributed by atoms with E-state index in [4.69, 9.17) is 5.73 Å². The fourth-order valence-corrected chi connectivity index (χ4v) is 2.45. The molecule has 2 aromatic heterocycles. The first kappa shape index (κ1) is 11.2. The summed E-state index contributed by atoms with van der Waals surface area (Å²) in [5.74, 6) is 0. The lowest BCUT2D eigenvalue weighted by molar-refractivity contribution is 0.774. The molecule has 0 amide bonds. The molecular formula is C13H11BrN4. The van der Waals surface area contributed by atoms with E-state index in [2.05, 4.69) is 26.0 Å². The van der Waals surface area contributed by atoms with Gasteiger partial charge in [0.2, 0.25) is 0 Å². The Morgan fingerprint density at radius 1 is 1.28 bits per heavy atom. The standard InChI is InChI=1S/C13H11BrN4/c1-18-12(5-6-16-18)11-7-10(15)8-3-2-4-9(14)13(8)17-11/h2-7H,1H3,(H2,15,17). The molecule has 4 nitrogen and oxygen atoms in total. The number of fused-ring (bicyclic) bond motifs is 1. The number of nitrogens with zero attached hydrogens (tertiary/aromatic N) is 3. The van der Waals surface area contributed by atoms with E-state index in [0.717, 1.165) is 32.5 Å². The van der Waals surface area contributed by atoms with Gasteiger partial charge in [-0.3, -0.25) is 4.68 Å². The van der Waals surface area contributed by atoms with Crippen molar-refractivity contribution < 1.29 is 0 Å². The van der Waals surface area contributed by atoms with Crippen LogP contribution >= 0.6 is 15.9 Å². The van der Waals surface area contributed by atoms with Crippen molar-refractivity contribution in [2.75, 3.05) is 5.73 Å². The summed E-state index contributed by atoms with van der Waals surface area (Å²) in [4.78, 5) is 4.65. The zero-order chi connectivity index (χ0) is 12.7. The van der Waals surface area contributed by atoms with Crippen molar-refractivity contribution in [3.05, 3.63) is 41.0 Å². The molecule has 0 fully saturated rings. The van der Waals surface area contributed by atoms with Crippen LogP contribution in [0.5, 0.6) is 0 Å². The van der Waals surface area contributed by atoms with E-state index < -0.39 is 0 Å². The first-order valence-electron chi connectivity index (χ1n) is 5.50. The highest BCUT2D eigenvalue weighted by Gasteiger charge is 2.09. The Morgan fingerprint density at radius 3 is 2.83 bits per heavy atom. The molecule has 0 atom stereocenters. The number of hydrogen-bond donors (Lipinski definition) is 1. The lowest BCUT2D eigenvalue weighted by Gasteiger charge is -2.07. The Kier molecular flexibility index (Phi) is 2.56. The van der Waals surface area contributed by atoms with Crippen LogP contribution in [-0.2, 0) is 7.05 Å². The van der Waals surface area contributed by atoms with Gasteiger partial charge in [-0.2, -0.15) is 5.10 Å². The minimum absolute atomic E-state index is 0.720. The number of nitrogen functional groups attached to an aromatic ring is 1. The van der Waals surface area contributed by atoms with Gasteiger partial charge in [-0.1, -0.05) is 12.1 Å². The number of hydrogen-bond acceptors (Lipinski definition) is 3. The Labute approximate surface area is 113 Å². The summed E-state index contributed by atoms with van der Waals surface area (Å²) in [5.41, 5.74) is 9.45. The fourth-order valence-electron chi connectivity index (χ4n) is 2.00. The SMILES string of the molecule is Cn1nccc1-c1cc(N)c2cccc(Br)c2n1. The smallest absolute Gasteiger partial charge is 0.0911 e. The first-order chi connectivity index (χ1) is 8.66. The second-order valence-electron chi connectivity index (χ2n) is 4.07. The second kappa shape index (κ2) is 4.10. The lowest BCUT2D eigenvalue weighted by atomic mass is 10.1. The van der Waals surface area contributed by atoms with Crippen LogP contribution in [0.3, 0.4) is 0 Å². The number of benzene rings is 1. The van der Waals surface area contributed by atoms with E-state index in [1.165, 1.54) is 0 Å². The van der Waals surface area contributed by atoms with Crippen LogP contribution < -0.4 is 5.73 Å². The van der Waals surface area contributed by atoms with Crippen LogP contribution in [0.25, 0.3) is 22.3 Å². The molecule has 0 unspecified atom stereocenters. The Hall–Kier alpha value is -1.88. The normalized spacial score (nSPS) is 11.0. The number of para-hydroxylation sites is 1. The van der Waals surface area contributed by atoms with Gasteiger partial charge in [-0.25, -0.2) is 4.98 Å². The quantitative estimate of drug-likeness (QED) is 0.752. The molecule has 3 aromatic rings. The highest BCUT2D eigenvalue weighted by Crippen LogP contribution is 2.30. The summed E-state index contributed by atoms with van der Waals surface area (Å²) in [7, 11) is 1.89. The molecule has 2 N–H and O–H groups in total. The van der Waals surface area contributed by atoms with Gasteiger partial charge < -0.3 is 5.73 Å². The van der Waals surface area contributed by atoms with E-state index in [9.17, 15) is 0 Å². The molecule has 18 heavy (non-hydrogen) atoms. The second-order valence-corrected chi connectivity index (χ2v) is 4.93. The molecule has 0 radical (unpaired) electrons. The van der Waals surface area contributed by atoms with Crippen molar-refractivity contribution in [3.8, 4) is 11.4 Å². The van der Waals surface area contributed by atoms with Crippen molar-refractivity contribution in [1.82, 2.24) is 14.8 Å². The average Bonchev–Trinajstić information content (AvgIpc) is 2.77. The monoisotopic (exact) mass is 302 g/mol. The third-order valence-corrected chi connectivity index (χ3v) is 3.55. The van der Waals surface area contributed by atoms with Crippen LogP contribution in [0.4, 0.5) is 5.69 Å². The topological polar surface area (TPSA) is 56.7 Å². The Morgan fingerprint density at radius 2 is 2.11 bits per heavy atom. The molecule has 0 bridgehead atoms. The number of nitrogens with two attached hydrogens (primary N) is 1. The summed E-state index contributed by atoms with van der Waals surface area (Å²) in [6, 6.07) is 9.68. The molecule has 0 aliphatic heterocycles. The number of halogens is 1. The van der Waals surface area contributed by atoms with Crippen molar-refractivity contribution in [1.29, 1.82) is 0 Å². The first-order valence-corrected chi connectivity index (χ1v) is 6.29. The molecule has 0 saturated carbocycles. The van der Waals surface area contributed by atoms with Gasteiger partial charge >= 0.3 is 0 Å². The number of aryl methyl sites for hydroxylation is 1. The van der Waals surface area contributed by atoms with Crippen molar-refractivity contribution in [2.24, 2.45) is 7.05 Å². The highest BCUT2D eigenvalue weighted by atomic mass is 79.9. The van der Waals surface area contributed by atoms with E-state index in [1.54, 1.807) is 10.9 Å². The van der Waals surface area contributed by atoms with Crippen LogP contribution in [0.1, 0.15) is 0 Å². The third kappa shape index (κ3) is 1.67. The Bertz CT molecular complexity index is 733. The molecule has 90 valence electrons. The average molecular weight is 303 g/mol. The van der Waals surface area contributed by atoms with Crippen molar-refractivity contribution >= 4 is 32.5 Å². The van der Waals surface area contributed by atoms with Gasteiger partial charge in [0.15, 0.2) is 0 Å². The summed E-state index contributed by atoms with van der Waals surface area (Å²) < 4.78 is 2.72. The number of aromatic nitrogens is 3. The zero-order valence-corrected chi connectivity index (χ0v) is 11.3. The zero-order valence-electron chi connectivity index (χ0n) is 9.76. The van der Waals surface area contributed by atoms with E-state index in [0.29, 0.717) is 0 Å². The molecule has 3 rings (SSSR count). The van der Waals surface area contributed by atoms with Gasteiger partial charge in [-0.15, -0.1) is 0 Å². The van der Waals surface area contributed by atoms with E-state index in [1.807, 2.05) is 37.4 Å². The summed E-state index contributed by atoms with van der Waals surface area (Å²) in [6.07, 6.45) is 1.75. The van der Waals surface area contributed by atoms with Gasteiger partial charge in [0.25, 0.3) is 0 Å². The predicted octanol–water partition coefficient (Wildman–Crippen LogP) is 2.98. The summed E-state index contributed by atoms with van der Waals surface area (Å²) in [6.45, 7) is 0. The van der Waals surface area contributed by atoms with Gasteiger partial charge in [0.05, 0.1) is 16.9 Å². The van der Waals surface area contributed by atoms with Crippen molar-refractivity contribution in [2.45, 2.75) is 0 Å². The minimum Gasteiger partial charge on any atom is -0.398 e.